The van der Waals surface area contributed by atoms with E-state index in [-0.39, 0.29) is 12.0 Å². The smallest absolute Gasteiger partial charge is 0.252 e. The highest BCUT2D eigenvalue weighted by molar-refractivity contribution is 6.07. The first kappa shape index (κ1) is 23.3. The van der Waals surface area contributed by atoms with Gasteiger partial charge in [0.05, 0.1) is 44.2 Å². The average Bonchev–Trinajstić information content (AvgIpc) is 2.81. The lowest BCUT2D eigenvalue weighted by atomic mass is 10.0. The molecule has 0 unspecified atom stereocenters. The van der Waals surface area contributed by atoms with Crippen molar-refractivity contribution in [2.45, 2.75) is 26.4 Å². The van der Waals surface area contributed by atoms with Crippen LogP contribution in [-0.2, 0) is 4.74 Å². The summed E-state index contributed by atoms with van der Waals surface area (Å²) >= 11 is 0. The average molecular weight is 439 g/mol. The van der Waals surface area contributed by atoms with Gasteiger partial charge < -0.3 is 24.3 Å². The summed E-state index contributed by atoms with van der Waals surface area (Å²) in [6.07, 6.45) is 0.919. The van der Waals surface area contributed by atoms with Crippen molar-refractivity contribution in [3.05, 3.63) is 48.0 Å². The van der Waals surface area contributed by atoms with E-state index in [2.05, 4.69) is 5.32 Å². The lowest BCUT2D eigenvalue weighted by Crippen LogP contribution is -2.26. The van der Waals surface area contributed by atoms with Crippen LogP contribution < -0.4 is 19.5 Å². The fourth-order valence-corrected chi connectivity index (χ4v) is 3.43. The lowest BCUT2D eigenvalue weighted by Gasteiger charge is -2.15. The Labute approximate surface area is 188 Å². The molecule has 170 valence electrons. The van der Waals surface area contributed by atoms with Gasteiger partial charge in [0.2, 0.25) is 5.75 Å². The van der Waals surface area contributed by atoms with E-state index in [1.807, 2.05) is 50.2 Å². The first-order valence-corrected chi connectivity index (χ1v) is 10.6. The number of hydrogen-bond acceptors (Lipinski definition) is 6. The molecule has 0 radical (unpaired) electrons. The maximum absolute atomic E-state index is 13.0. The topological polar surface area (TPSA) is 78.9 Å². The summed E-state index contributed by atoms with van der Waals surface area (Å²) in [5, 5.41) is 3.78. The molecule has 0 aliphatic heterocycles. The Morgan fingerprint density at radius 2 is 1.69 bits per heavy atom. The molecule has 0 spiro atoms. The van der Waals surface area contributed by atoms with Crippen molar-refractivity contribution in [3.8, 4) is 28.5 Å². The Morgan fingerprint density at radius 3 is 2.31 bits per heavy atom. The van der Waals surface area contributed by atoms with E-state index in [0.29, 0.717) is 41.7 Å². The largest absolute Gasteiger partial charge is 0.493 e. The molecule has 0 bridgehead atoms. The number of pyridine rings is 1. The summed E-state index contributed by atoms with van der Waals surface area (Å²) in [5.41, 5.74) is 2.68. The molecule has 32 heavy (non-hydrogen) atoms. The highest BCUT2D eigenvalue weighted by Gasteiger charge is 2.18. The van der Waals surface area contributed by atoms with Crippen LogP contribution in [-0.4, -0.2) is 51.5 Å². The van der Waals surface area contributed by atoms with Crippen LogP contribution >= 0.6 is 0 Å². The monoisotopic (exact) mass is 438 g/mol. The van der Waals surface area contributed by atoms with Gasteiger partial charge in [0.25, 0.3) is 5.91 Å². The summed E-state index contributed by atoms with van der Waals surface area (Å²) in [4.78, 5) is 17.8. The van der Waals surface area contributed by atoms with Crippen LogP contribution in [0.5, 0.6) is 17.2 Å². The maximum Gasteiger partial charge on any atom is 0.252 e. The van der Waals surface area contributed by atoms with Gasteiger partial charge in [-0.05, 0) is 44.5 Å². The number of carbonyl (C=O) groups excluding carboxylic acids is 1. The molecule has 7 nitrogen and oxygen atoms in total. The first-order valence-electron chi connectivity index (χ1n) is 10.6. The van der Waals surface area contributed by atoms with Crippen LogP contribution in [0.15, 0.2) is 42.5 Å². The molecule has 3 aromatic rings. The number of fused-ring (bicyclic) bond motifs is 1. The predicted octanol–water partition coefficient (Wildman–Crippen LogP) is 4.47. The van der Waals surface area contributed by atoms with Crippen molar-refractivity contribution >= 4 is 16.8 Å². The quantitative estimate of drug-likeness (QED) is 0.471. The number of amides is 1. The minimum atomic E-state index is -0.151. The van der Waals surface area contributed by atoms with Gasteiger partial charge in [0.1, 0.15) is 0 Å². The van der Waals surface area contributed by atoms with E-state index in [9.17, 15) is 4.79 Å². The normalized spacial score (nSPS) is 10.9. The third-order valence-electron chi connectivity index (χ3n) is 4.98. The lowest BCUT2D eigenvalue weighted by molar-refractivity contribution is 0.0757. The number of rotatable bonds is 10. The minimum absolute atomic E-state index is 0.151. The number of nitrogens with zero attached hydrogens (tertiary/aromatic N) is 1. The summed E-state index contributed by atoms with van der Waals surface area (Å²) in [6.45, 7) is 5.12. The van der Waals surface area contributed by atoms with Crippen LogP contribution in [0.4, 0.5) is 0 Å². The van der Waals surface area contributed by atoms with E-state index >= 15 is 0 Å². The number of para-hydroxylation sites is 1. The van der Waals surface area contributed by atoms with Gasteiger partial charge in [-0.2, -0.15) is 0 Å². The Bertz CT molecular complexity index is 1060. The summed E-state index contributed by atoms with van der Waals surface area (Å²) < 4.78 is 21.9. The molecular formula is C25H30N2O5. The molecule has 0 aliphatic rings. The van der Waals surface area contributed by atoms with Crippen molar-refractivity contribution in [1.29, 1.82) is 0 Å². The van der Waals surface area contributed by atoms with E-state index < -0.39 is 0 Å². The highest BCUT2D eigenvalue weighted by Crippen LogP contribution is 2.41. The standard InChI is InChI=1S/C25H30N2O5/c1-16(2)32-12-8-11-26-25(28)19-15-21(27-20-10-7-6-9-18(19)20)17-13-22(29-3)24(31-5)23(14-17)30-4/h6-7,9-10,13-16H,8,11-12H2,1-5H3,(H,26,28). The number of hydrogen-bond donors (Lipinski definition) is 1. The SMILES string of the molecule is COc1cc(-c2cc(C(=O)NCCCOC(C)C)c3ccccc3n2)cc(OC)c1OC. The third kappa shape index (κ3) is 5.29. The number of ether oxygens (including phenoxy) is 4. The van der Waals surface area contributed by atoms with Gasteiger partial charge in [-0.15, -0.1) is 0 Å². The van der Waals surface area contributed by atoms with Gasteiger partial charge in [-0.1, -0.05) is 18.2 Å². The molecule has 0 atom stereocenters. The Balaban J connectivity index is 1.97. The second kappa shape index (κ2) is 10.8. The Kier molecular flexibility index (Phi) is 7.89. The Hall–Kier alpha value is -3.32. The molecule has 0 fully saturated rings. The first-order chi connectivity index (χ1) is 15.5. The highest BCUT2D eigenvalue weighted by atomic mass is 16.5. The zero-order valence-corrected chi connectivity index (χ0v) is 19.2. The fraction of sp³-hybridized carbons (Fsp3) is 0.360. The van der Waals surface area contributed by atoms with E-state index in [1.54, 1.807) is 27.4 Å². The number of methoxy groups -OCH3 is 3. The molecule has 0 saturated carbocycles. The molecule has 1 heterocycles. The maximum atomic E-state index is 13.0. The molecule has 0 saturated heterocycles. The van der Waals surface area contributed by atoms with Crippen molar-refractivity contribution in [3.63, 3.8) is 0 Å². The van der Waals surface area contributed by atoms with E-state index in [0.717, 1.165) is 22.9 Å². The van der Waals surface area contributed by atoms with Crippen molar-refractivity contribution in [2.24, 2.45) is 0 Å². The molecule has 0 aliphatic carbocycles. The van der Waals surface area contributed by atoms with Crippen molar-refractivity contribution < 1.29 is 23.7 Å². The molecule has 2 aromatic carbocycles. The number of nitrogens with one attached hydrogen (secondary N) is 1. The number of benzene rings is 2. The fourth-order valence-electron chi connectivity index (χ4n) is 3.43. The van der Waals surface area contributed by atoms with Crippen LogP contribution in [0.2, 0.25) is 0 Å². The van der Waals surface area contributed by atoms with Gasteiger partial charge in [0, 0.05) is 24.1 Å². The summed E-state index contributed by atoms with van der Waals surface area (Å²) in [6, 6.07) is 13.0. The molecule has 7 heteroatoms. The van der Waals surface area contributed by atoms with E-state index in [1.165, 1.54) is 0 Å². The molecule has 1 N–H and O–H groups in total. The third-order valence-corrected chi connectivity index (χ3v) is 4.98. The second-order valence-corrected chi connectivity index (χ2v) is 7.52. The van der Waals surface area contributed by atoms with Gasteiger partial charge in [0.15, 0.2) is 11.5 Å². The zero-order chi connectivity index (χ0) is 23.1. The molecule has 1 amide bonds. The summed E-state index contributed by atoms with van der Waals surface area (Å²) in [5.74, 6) is 1.39. The molecule has 1 aromatic heterocycles. The summed E-state index contributed by atoms with van der Waals surface area (Å²) in [7, 11) is 4.69. The predicted molar refractivity (Wildman–Crippen MR) is 125 cm³/mol. The van der Waals surface area contributed by atoms with Gasteiger partial charge in [-0.25, -0.2) is 4.98 Å². The molecular weight excluding hydrogens is 408 g/mol. The second-order valence-electron chi connectivity index (χ2n) is 7.52. The minimum Gasteiger partial charge on any atom is -0.493 e. The van der Waals surface area contributed by atoms with Crippen molar-refractivity contribution in [1.82, 2.24) is 10.3 Å². The molecule has 3 rings (SSSR count). The van der Waals surface area contributed by atoms with Crippen molar-refractivity contribution in [2.75, 3.05) is 34.5 Å². The van der Waals surface area contributed by atoms with Gasteiger partial charge >= 0.3 is 0 Å². The van der Waals surface area contributed by atoms with Crippen LogP contribution in [0.25, 0.3) is 22.2 Å². The number of carbonyl (C=O) groups is 1. The zero-order valence-electron chi connectivity index (χ0n) is 19.2. The van der Waals surface area contributed by atoms with E-state index in [4.69, 9.17) is 23.9 Å². The van der Waals surface area contributed by atoms with Crippen LogP contribution in [0.1, 0.15) is 30.6 Å². The van der Waals surface area contributed by atoms with Gasteiger partial charge in [-0.3, -0.25) is 4.79 Å². The number of aromatic nitrogens is 1. The Morgan fingerprint density at radius 1 is 1.00 bits per heavy atom. The van der Waals surface area contributed by atoms with Crippen LogP contribution in [0, 0.1) is 0 Å². The van der Waals surface area contributed by atoms with Crippen LogP contribution in [0.3, 0.4) is 0 Å².